The zero-order valence-corrected chi connectivity index (χ0v) is 10.4. The van der Waals surface area contributed by atoms with Gasteiger partial charge in [0.1, 0.15) is 5.69 Å². The molecule has 0 N–H and O–H groups in total. The first-order valence-corrected chi connectivity index (χ1v) is 5.50. The van der Waals surface area contributed by atoms with E-state index in [4.69, 9.17) is 10.5 Å². The maximum Gasteiger partial charge on any atom is 0.168 e. The number of carbonyl (C=O) groups is 1. The second kappa shape index (κ2) is 7.41. The third kappa shape index (κ3) is 4.10. The van der Waals surface area contributed by atoms with Crippen molar-refractivity contribution in [3.63, 3.8) is 0 Å². The van der Waals surface area contributed by atoms with Crippen molar-refractivity contribution in [1.82, 2.24) is 9.55 Å². The molecule has 0 fully saturated rings. The van der Waals surface area contributed by atoms with E-state index in [9.17, 15) is 4.79 Å². The Labute approximate surface area is 111 Å². The lowest BCUT2D eigenvalue weighted by molar-refractivity contribution is 0.111. The molecule has 2 rings (SSSR count). The number of hydrogen-bond donors (Lipinski definition) is 0. The molecule has 0 spiro atoms. The molecule has 1 aromatic carbocycles. The standard InChI is InChI=1S/C12H9N3O.C2H3N/c13-5-10-1-3-11(4-2-10)7-15-9-14-6-12(15)8-16;1-2-3/h1-4,6,8-9H,7H2;1H3. The first-order chi connectivity index (χ1) is 9.24. The first-order valence-electron chi connectivity index (χ1n) is 5.50. The first kappa shape index (κ1) is 14.1. The second-order valence-corrected chi connectivity index (χ2v) is 3.60. The quantitative estimate of drug-likeness (QED) is 0.783. The molecule has 94 valence electrons. The number of aldehydes is 1. The summed E-state index contributed by atoms with van der Waals surface area (Å²) >= 11 is 0. The van der Waals surface area contributed by atoms with Gasteiger partial charge in [0.05, 0.1) is 30.2 Å². The Kier molecular flexibility index (Phi) is 5.52. The zero-order valence-electron chi connectivity index (χ0n) is 10.4. The van der Waals surface area contributed by atoms with Crippen LogP contribution in [-0.4, -0.2) is 15.8 Å². The van der Waals surface area contributed by atoms with Gasteiger partial charge >= 0.3 is 0 Å². The summed E-state index contributed by atoms with van der Waals surface area (Å²) in [5.74, 6) is 0. The number of rotatable bonds is 3. The Bertz CT molecular complexity index is 614. The van der Waals surface area contributed by atoms with Gasteiger partial charge in [-0.1, -0.05) is 12.1 Å². The van der Waals surface area contributed by atoms with Crippen molar-refractivity contribution in [3.8, 4) is 12.1 Å². The minimum absolute atomic E-state index is 0.546. The van der Waals surface area contributed by atoms with E-state index in [0.29, 0.717) is 17.8 Å². The fourth-order valence-electron chi connectivity index (χ4n) is 1.44. The molecule has 0 amide bonds. The van der Waals surface area contributed by atoms with Gasteiger partial charge in [-0.25, -0.2) is 4.98 Å². The fraction of sp³-hybridized carbons (Fsp3) is 0.143. The molecule has 0 aliphatic heterocycles. The van der Waals surface area contributed by atoms with Crippen molar-refractivity contribution in [2.45, 2.75) is 13.5 Å². The van der Waals surface area contributed by atoms with Crippen molar-refractivity contribution in [3.05, 3.63) is 53.6 Å². The van der Waals surface area contributed by atoms with Crippen molar-refractivity contribution in [1.29, 1.82) is 10.5 Å². The highest BCUT2D eigenvalue weighted by atomic mass is 16.1. The largest absolute Gasteiger partial charge is 0.324 e. The lowest BCUT2D eigenvalue weighted by Crippen LogP contribution is -2.02. The van der Waals surface area contributed by atoms with E-state index in [-0.39, 0.29) is 0 Å². The molecule has 5 nitrogen and oxygen atoms in total. The number of nitriles is 2. The molecule has 0 saturated heterocycles. The van der Waals surface area contributed by atoms with Gasteiger partial charge in [-0.2, -0.15) is 10.5 Å². The predicted molar refractivity (Wildman–Crippen MR) is 69.2 cm³/mol. The van der Waals surface area contributed by atoms with E-state index < -0.39 is 0 Å². The Balaban J connectivity index is 0.000000550. The van der Waals surface area contributed by atoms with Gasteiger partial charge < -0.3 is 4.57 Å². The third-order valence-electron chi connectivity index (χ3n) is 2.30. The van der Waals surface area contributed by atoms with Crippen molar-refractivity contribution in [2.24, 2.45) is 0 Å². The normalized spacial score (nSPS) is 8.58. The molecule has 5 heteroatoms. The van der Waals surface area contributed by atoms with Gasteiger partial charge in [0, 0.05) is 13.5 Å². The van der Waals surface area contributed by atoms with Gasteiger partial charge in [0.25, 0.3) is 0 Å². The van der Waals surface area contributed by atoms with Gasteiger partial charge in [-0.3, -0.25) is 4.79 Å². The molecule has 2 aromatic rings. The molecule has 1 aromatic heterocycles. The van der Waals surface area contributed by atoms with Crippen LogP contribution < -0.4 is 0 Å². The number of hydrogen-bond acceptors (Lipinski definition) is 4. The van der Waals surface area contributed by atoms with E-state index in [1.807, 2.05) is 12.1 Å². The van der Waals surface area contributed by atoms with Gasteiger partial charge in [0.15, 0.2) is 6.29 Å². The van der Waals surface area contributed by atoms with Gasteiger partial charge in [0.2, 0.25) is 0 Å². The number of benzene rings is 1. The summed E-state index contributed by atoms with van der Waals surface area (Å²) in [6, 6.07) is 11.1. The van der Waals surface area contributed by atoms with Gasteiger partial charge in [-0.05, 0) is 17.7 Å². The molecule has 0 atom stereocenters. The van der Waals surface area contributed by atoms with Crippen LogP contribution >= 0.6 is 0 Å². The highest BCUT2D eigenvalue weighted by molar-refractivity contribution is 5.71. The average Bonchev–Trinajstić information content (AvgIpc) is 2.88. The molecular formula is C14H12N4O. The number of imidazole rings is 1. The Morgan fingerprint density at radius 3 is 2.47 bits per heavy atom. The average molecular weight is 252 g/mol. The Morgan fingerprint density at radius 1 is 1.32 bits per heavy atom. The summed E-state index contributed by atoms with van der Waals surface area (Å²) < 4.78 is 1.76. The molecule has 0 unspecified atom stereocenters. The molecule has 0 saturated carbocycles. The van der Waals surface area contributed by atoms with Crippen LogP contribution in [0.1, 0.15) is 28.5 Å². The van der Waals surface area contributed by atoms with Crippen LogP contribution in [0.25, 0.3) is 0 Å². The maximum atomic E-state index is 10.7. The van der Waals surface area contributed by atoms with Crippen LogP contribution in [0.3, 0.4) is 0 Å². The highest BCUT2D eigenvalue weighted by Crippen LogP contribution is 2.07. The third-order valence-corrected chi connectivity index (χ3v) is 2.30. The topological polar surface area (TPSA) is 82.5 Å². The Hall–Kier alpha value is -2.92. The van der Waals surface area contributed by atoms with E-state index in [2.05, 4.69) is 11.1 Å². The lowest BCUT2D eigenvalue weighted by atomic mass is 10.1. The van der Waals surface area contributed by atoms with Gasteiger partial charge in [-0.15, -0.1) is 0 Å². The molecule has 0 radical (unpaired) electrons. The summed E-state index contributed by atoms with van der Waals surface area (Å²) in [7, 11) is 0. The van der Waals surface area contributed by atoms with E-state index in [1.165, 1.54) is 13.1 Å². The zero-order chi connectivity index (χ0) is 14.1. The van der Waals surface area contributed by atoms with E-state index >= 15 is 0 Å². The Morgan fingerprint density at radius 2 is 1.95 bits per heavy atom. The monoisotopic (exact) mass is 252 g/mol. The summed E-state index contributed by atoms with van der Waals surface area (Å²) in [4.78, 5) is 14.6. The van der Waals surface area contributed by atoms with E-state index in [1.54, 1.807) is 29.1 Å². The van der Waals surface area contributed by atoms with Crippen LogP contribution in [0.2, 0.25) is 0 Å². The minimum Gasteiger partial charge on any atom is -0.324 e. The maximum absolute atomic E-state index is 10.7. The molecule has 0 bridgehead atoms. The van der Waals surface area contributed by atoms with Crippen molar-refractivity contribution in [2.75, 3.05) is 0 Å². The fourth-order valence-corrected chi connectivity index (χ4v) is 1.44. The van der Waals surface area contributed by atoms with Crippen LogP contribution in [-0.2, 0) is 6.54 Å². The second-order valence-electron chi connectivity index (χ2n) is 3.60. The summed E-state index contributed by atoms with van der Waals surface area (Å²) in [5.41, 5.74) is 2.20. The molecule has 0 aliphatic carbocycles. The molecular weight excluding hydrogens is 240 g/mol. The van der Waals surface area contributed by atoms with Crippen LogP contribution in [0.15, 0.2) is 36.8 Å². The SMILES string of the molecule is CC#N.N#Cc1ccc(Cn2cncc2C=O)cc1. The molecule has 0 aliphatic rings. The lowest BCUT2D eigenvalue weighted by Gasteiger charge is -2.04. The van der Waals surface area contributed by atoms with E-state index in [0.717, 1.165) is 11.8 Å². The van der Waals surface area contributed by atoms with Crippen molar-refractivity contribution < 1.29 is 4.79 Å². The highest BCUT2D eigenvalue weighted by Gasteiger charge is 2.01. The van der Waals surface area contributed by atoms with Crippen LogP contribution in [0, 0.1) is 22.7 Å². The number of carbonyl (C=O) groups excluding carboxylic acids is 1. The van der Waals surface area contributed by atoms with Crippen molar-refractivity contribution >= 4 is 6.29 Å². The molecule has 1 heterocycles. The summed E-state index contributed by atoms with van der Waals surface area (Å²) in [6.45, 7) is 2.01. The summed E-state index contributed by atoms with van der Waals surface area (Å²) in [6.07, 6.45) is 3.91. The number of nitrogens with zero attached hydrogens (tertiary/aromatic N) is 4. The number of aromatic nitrogens is 2. The predicted octanol–water partition coefficient (Wildman–Crippen LogP) is 2.15. The van der Waals surface area contributed by atoms with Crippen LogP contribution in [0.4, 0.5) is 0 Å². The molecule has 19 heavy (non-hydrogen) atoms. The van der Waals surface area contributed by atoms with Crippen LogP contribution in [0.5, 0.6) is 0 Å². The minimum atomic E-state index is 0.546. The smallest absolute Gasteiger partial charge is 0.168 e. The summed E-state index contributed by atoms with van der Waals surface area (Å²) in [5, 5.41) is 16.0.